The molecule has 0 aromatic heterocycles. The third kappa shape index (κ3) is 3.29. The normalized spacial score (nSPS) is 13.8. The summed E-state index contributed by atoms with van der Waals surface area (Å²) in [4.78, 5) is 27.3. The summed E-state index contributed by atoms with van der Waals surface area (Å²) in [5.41, 5.74) is 0.421. The van der Waals surface area contributed by atoms with Gasteiger partial charge in [0.1, 0.15) is 0 Å². The smallest absolute Gasteiger partial charge is 0.268 e. The summed E-state index contributed by atoms with van der Waals surface area (Å²) >= 11 is 1.17. The second-order valence-electron chi connectivity index (χ2n) is 6.11. The lowest BCUT2D eigenvalue weighted by atomic mass is 10.1. The van der Waals surface area contributed by atoms with Gasteiger partial charge >= 0.3 is 6.18 Å². The minimum absolute atomic E-state index is 0.356. The average Bonchev–Trinajstić information content (AvgIpc) is 2.93. The summed E-state index contributed by atoms with van der Waals surface area (Å²) in [7, 11) is 0. The molecule has 0 unspecified atom stereocenters. The third-order valence-corrected chi connectivity index (χ3v) is 5.28. The van der Waals surface area contributed by atoms with E-state index in [-0.39, 0.29) is 11.8 Å². The maximum absolute atomic E-state index is 12.8. The van der Waals surface area contributed by atoms with E-state index in [1.807, 2.05) is 0 Å². The van der Waals surface area contributed by atoms with Gasteiger partial charge in [0, 0.05) is 9.79 Å². The van der Waals surface area contributed by atoms with Gasteiger partial charge in [-0.1, -0.05) is 30.0 Å². The number of halogens is 3. The zero-order valence-electron chi connectivity index (χ0n) is 14.2. The van der Waals surface area contributed by atoms with Gasteiger partial charge in [-0.3, -0.25) is 9.59 Å². The van der Waals surface area contributed by atoms with Crippen LogP contribution in [0.2, 0.25) is 0 Å². The van der Waals surface area contributed by atoms with E-state index in [0.717, 1.165) is 17.0 Å². The molecule has 4 rings (SSSR count). The Morgan fingerprint density at radius 1 is 0.714 bits per heavy atom. The molecule has 0 spiro atoms. The van der Waals surface area contributed by atoms with Crippen LogP contribution < -0.4 is 4.90 Å². The van der Waals surface area contributed by atoms with E-state index in [4.69, 9.17) is 0 Å². The minimum atomic E-state index is -4.40. The summed E-state index contributed by atoms with van der Waals surface area (Å²) in [6, 6.07) is 18.2. The highest BCUT2D eigenvalue weighted by molar-refractivity contribution is 7.99. The molecule has 140 valence electrons. The van der Waals surface area contributed by atoms with Crippen LogP contribution in [0, 0.1) is 0 Å². The Bertz CT molecular complexity index is 1040. The Kier molecular flexibility index (Phi) is 4.47. The molecule has 0 saturated heterocycles. The monoisotopic (exact) mass is 399 g/mol. The zero-order valence-corrected chi connectivity index (χ0v) is 15.1. The average molecular weight is 399 g/mol. The lowest BCUT2D eigenvalue weighted by Gasteiger charge is -2.14. The van der Waals surface area contributed by atoms with E-state index in [1.54, 1.807) is 54.6 Å². The molecule has 2 amide bonds. The van der Waals surface area contributed by atoms with E-state index >= 15 is 0 Å². The molecule has 1 heterocycles. The maximum Gasteiger partial charge on any atom is 0.416 e. The number of carbonyl (C=O) groups excluding carboxylic acids is 2. The molecule has 0 saturated carbocycles. The van der Waals surface area contributed by atoms with Gasteiger partial charge < -0.3 is 0 Å². The number of rotatable bonds is 3. The van der Waals surface area contributed by atoms with Crippen LogP contribution in [-0.4, -0.2) is 11.8 Å². The lowest BCUT2D eigenvalue weighted by molar-refractivity contribution is -0.137. The van der Waals surface area contributed by atoms with Crippen LogP contribution in [-0.2, 0) is 6.18 Å². The predicted octanol–water partition coefficient (Wildman–Crippen LogP) is 5.66. The number of imide groups is 1. The van der Waals surface area contributed by atoms with Gasteiger partial charge in [0.2, 0.25) is 0 Å². The zero-order chi connectivity index (χ0) is 19.9. The molecule has 3 aromatic rings. The second kappa shape index (κ2) is 6.83. The minimum Gasteiger partial charge on any atom is -0.268 e. The van der Waals surface area contributed by atoms with Crippen molar-refractivity contribution in [2.75, 3.05) is 4.90 Å². The summed E-state index contributed by atoms with van der Waals surface area (Å²) in [5, 5.41) is 0. The van der Waals surface area contributed by atoms with Gasteiger partial charge in [-0.05, 0) is 54.6 Å². The van der Waals surface area contributed by atoms with Crippen molar-refractivity contribution in [1.29, 1.82) is 0 Å². The number of amides is 2. The van der Waals surface area contributed by atoms with Crippen LogP contribution in [0.25, 0.3) is 0 Å². The van der Waals surface area contributed by atoms with E-state index in [1.165, 1.54) is 17.8 Å². The van der Waals surface area contributed by atoms with E-state index in [0.29, 0.717) is 26.6 Å². The fraction of sp³-hybridized carbons (Fsp3) is 0.0476. The number of hydrogen-bond donors (Lipinski definition) is 0. The molecule has 1 aliphatic heterocycles. The first-order valence-electron chi connectivity index (χ1n) is 8.27. The fourth-order valence-corrected chi connectivity index (χ4v) is 3.84. The van der Waals surface area contributed by atoms with Gasteiger partial charge in [0.15, 0.2) is 0 Å². The molecule has 0 fully saturated rings. The standard InChI is InChI=1S/C21H12F3NO2S/c22-21(23,24)13-4-3-5-16(12-13)28-15-10-8-14(9-11-15)25-19(26)17-6-1-2-7-18(17)20(25)27/h1-12H. The van der Waals surface area contributed by atoms with E-state index in [2.05, 4.69) is 0 Å². The van der Waals surface area contributed by atoms with Crippen LogP contribution in [0.4, 0.5) is 18.9 Å². The van der Waals surface area contributed by atoms with Crippen molar-refractivity contribution in [1.82, 2.24) is 0 Å². The molecule has 7 heteroatoms. The molecular weight excluding hydrogens is 387 g/mol. The van der Waals surface area contributed by atoms with Crippen molar-refractivity contribution in [2.24, 2.45) is 0 Å². The van der Waals surface area contributed by atoms with Crippen molar-refractivity contribution < 1.29 is 22.8 Å². The molecule has 0 N–H and O–H groups in total. The lowest BCUT2D eigenvalue weighted by Crippen LogP contribution is -2.29. The molecule has 0 bridgehead atoms. The van der Waals surface area contributed by atoms with Crippen molar-refractivity contribution in [3.63, 3.8) is 0 Å². The molecule has 0 aliphatic carbocycles. The van der Waals surface area contributed by atoms with Gasteiger partial charge in [-0.15, -0.1) is 0 Å². The Balaban J connectivity index is 1.56. The van der Waals surface area contributed by atoms with E-state index in [9.17, 15) is 22.8 Å². The summed E-state index contributed by atoms with van der Waals surface area (Å²) in [6.45, 7) is 0. The van der Waals surface area contributed by atoms with Crippen LogP contribution in [0.1, 0.15) is 26.3 Å². The van der Waals surface area contributed by atoms with Crippen molar-refractivity contribution in [3.8, 4) is 0 Å². The molecule has 0 atom stereocenters. The fourth-order valence-electron chi connectivity index (χ4n) is 2.96. The highest BCUT2D eigenvalue weighted by Gasteiger charge is 2.36. The first-order chi connectivity index (χ1) is 13.3. The number of alkyl halides is 3. The van der Waals surface area contributed by atoms with Crippen LogP contribution in [0.15, 0.2) is 82.6 Å². The van der Waals surface area contributed by atoms with Gasteiger partial charge in [0.25, 0.3) is 11.8 Å². The number of anilines is 1. The van der Waals surface area contributed by atoms with Gasteiger partial charge in [-0.2, -0.15) is 13.2 Å². The summed E-state index contributed by atoms with van der Waals surface area (Å²) in [6.07, 6.45) is -4.40. The Labute approximate surface area is 162 Å². The molecular formula is C21H12F3NO2S. The molecule has 1 aliphatic rings. The Morgan fingerprint density at radius 3 is 1.89 bits per heavy atom. The van der Waals surface area contributed by atoms with Crippen molar-refractivity contribution >= 4 is 29.3 Å². The second-order valence-corrected chi connectivity index (χ2v) is 7.26. The maximum atomic E-state index is 12.8. The molecule has 3 nitrogen and oxygen atoms in total. The van der Waals surface area contributed by atoms with Crippen LogP contribution >= 0.6 is 11.8 Å². The number of fused-ring (bicyclic) bond motifs is 1. The largest absolute Gasteiger partial charge is 0.416 e. The number of hydrogen-bond acceptors (Lipinski definition) is 3. The quantitative estimate of drug-likeness (QED) is 0.534. The van der Waals surface area contributed by atoms with Gasteiger partial charge in [0.05, 0.1) is 22.4 Å². The highest BCUT2D eigenvalue weighted by atomic mass is 32.2. The highest BCUT2D eigenvalue weighted by Crippen LogP contribution is 2.35. The Hall–Kier alpha value is -3.06. The first-order valence-corrected chi connectivity index (χ1v) is 9.09. The molecule has 0 radical (unpaired) electrons. The summed E-state index contributed by atoms with van der Waals surface area (Å²) in [5.74, 6) is -0.780. The van der Waals surface area contributed by atoms with Crippen molar-refractivity contribution in [2.45, 2.75) is 16.0 Å². The number of carbonyl (C=O) groups is 2. The van der Waals surface area contributed by atoms with Gasteiger partial charge in [-0.25, -0.2) is 4.90 Å². The Morgan fingerprint density at radius 2 is 1.32 bits per heavy atom. The van der Waals surface area contributed by atoms with Crippen LogP contribution in [0.3, 0.4) is 0 Å². The van der Waals surface area contributed by atoms with E-state index < -0.39 is 11.7 Å². The topological polar surface area (TPSA) is 37.4 Å². The number of nitrogens with zero attached hydrogens (tertiary/aromatic N) is 1. The summed E-state index contributed by atoms with van der Waals surface area (Å²) < 4.78 is 38.5. The number of benzene rings is 3. The van der Waals surface area contributed by atoms with Crippen molar-refractivity contribution in [3.05, 3.63) is 89.5 Å². The molecule has 28 heavy (non-hydrogen) atoms. The SMILES string of the molecule is O=C1c2ccccc2C(=O)N1c1ccc(Sc2cccc(C(F)(F)F)c2)cc1. The first kappa shape index (κ1) is 18.3. The predicted molar refractivity (Wildman–Crippen MR) is 99.6 cm³/mol. The van der Waals surface area contributed by atoms with Crippen LogP contribution in [0.5, 0.6) is 0 Å². The third-order valence-electron chi connectivity index (χ3n) is 4.29. The molecule has 3 aromatic carbocycles.